The van der Waals surface area contributed by atoms with Crippen LogP contribution in [0.2, 0.25) is 0 Å². The fourth-order valence-electron chi connectivity index (χ4n) is 3.68. The summed E-state index contributed by atoms with van der Waals surface area (Å²) in [4.78, 5) is 43.7. The fourth-order valence-corrected chi connectivity index (χ4v) is 4.58. The van der Waals surface area contributed by atoms with E-state index in [0.29, 0.717) is 27.9 Å². The molecule has 1 aliphatic rings. The van der Waals surface area contributed by atoms with Gasteiger partial charge in [0, 0.05) is 13.1 Å². The second-order valence-corrected chi connectivity index (χ2v) is 8.35. The van der Waals surface area contributed by atoms with Crippen molar-refractivity contribution in [1.82, 2.24) is 14.5 Å². The molecule has 2 heterocycles. The summed E-state index contributed by atoms with van der Waals surface area (Å²) in [6.07, 6.45) is 1.13. The van der Waals surface area contributed by atoms with Crippen molar-refractivity contribution in [3.05, 3.63) is 34.6 Å². The number of methoxy groups -OCH3 is 1. The summed E-state index contributed by atoms with van der Waals surface area (Å²) in [7, 11) is 1.27. The average Bonchev–Trinajstić information content (AvgIpc) is 2.67. The molecule has 0 N–H and O–H groups in total. The molecule has 2 atom stereocenters. The second-order valence-electron chi connectivity index (χ2n) is 7.41. The van der Waals surface area contributed by atoms with Gasteiger partial charge in [-0.2, -0.15) is 0 Å². The Labute approximate surface area is 168 Å². The maximum atomic E-state index is 12.8. The van der Waals surface area contributed by atoms with Gasteiger partial charge in [0.2, 0.25) is 5.91 Å². The van der Waals surface area contributed by atoms with Gasteiger partial charge in [0.05, 0.1) is 23.8 Å². The molecule has 150 valence electrons. The Morgan fingerprint density at radius 2 is 1.89 bits per heavy atom. The highest BCUT2D eigenvalue weighted by molar-refractivity contribution is 7.99. The Hall–Kier alpha value is -2.35. The summed E-state index contributed by atoms with van der Waals surface area (Å²) in [5.74, 6) is 0.621. The zero-order valence-corrected chi connectivity index (χ0v) is 17.2. The number of likely N-dealkylation sites (tertiary alicyclic amines) is 1. The molecule has 1 aromatic heterocycles. The van der Waals surface area contributed by atoms with Crippen molar-refractivity contribution in [3.8, 4) is 0 Å². The standard InChI is InChI=1S/C20H25N3O4S/c1-13-8-14(2)10-22(9-13)17(24)12-28-20-21-16-7-5-4-6-15(16)19(26)23(20)11-18(25)27-3/h4-7,13-14H,8-12H2,1-3H3/t13-,14+. The molecule has 1 fully saturated rings. The molecular formula is C20H25N3O4S. The van der Waals surface area contributed by atoms with E-state index in [1.807, 2.05) is 4.90 Å². The Kier molecular flexibility index (Phi) is 6.39. The van der Waals surface area contributed by atoms with E-state index in [1.54, 1.807) is 24.3 Å². The monoisotopic (exact) mass is 403 g/mol. The van der Waals surface area contributed by atoms with Gasteiger partial charge in [0.1, 0.15) is 6.54 Å². The quantitative estimate of drug-likeness (QED) is 0.432. The van der Waals surface area contributed by atoms with Crippen LogP contribution in [0.25, 0.3) is 10.9 Å². The number of thioether (sulfide) groups is 1. The summed E-state index contributed by atoms with van der Waals surface area (Å²) in [6, 6.07) is 6.98. The molecule has 0 spiro atoms. The minimum absolute atomic E-state index is 0.0235. The summed E-state index contributed by atoms with van der Waals surface area (Å²) >= 11 is 1.19. The van der Waals surface area contributed by atoms with Crippen molar-refractivity contribution < 1.29 is 14.3 Å². The Morgan fingerprint density at radius 3 is 2.57 bits per heavy atom. The molecule has 0 bridgehead atoms. The minimum atomic E-state index is -0.536. The van der Waals surface area contributed by atoms with Crippen molar-refractivity contribution >= 4 is 34.5 Å². The van der Waals surface area contributed by atoms with Crippen LogP contribution in [0.1, 0.15) is 20.3 Å². The number of benzene rings is 1. The van der Waals surface area contributed by atoms with E-state index in [1.165, 1.54) is 23.4 Å². The molecule has 1 aliphatic heterocycles. The van der Waals surface area contributed by atoms with Crippen molar-refractivity contribution in [2.75, 3.05) is 26.0 Å². The molecule has 1 aromatic carbocycles. The van der Waals surface area contributed by atoms with Gasteiger partial charge < -0.3 is 9.64 Å². The zero-order chi connectivity index (χ0) is 20.3. The van der Waals surface area contributed by atoms with Gasteiger partial charge in [0.25, 0.3) is 5.56 Å². The van der Waals surface area contributed by atoms with Gasteiger partial charge in [-0.1, -0.05) is 37.7 Å². The number of carbonyl (C=O) groups is 2. The van der Waals surface area contributed by atoms with Crippen LogP contribution in [0.4, 0.5) is 0 Å². The molecule has 0 unspecified atom stereocenters. The SMILES string of the molecule is COC(=O)Cn1c(SCC(=O)N2C[C@H](C)C[C@H](C)C2)nc2ccccc2c1=O. The molecule has 0 radical (unpaired) electrons. The maximum absolute atomic E-state index is 12.8. The molecular weight excluding hydrogens is 378 g/mol. The van der Waals surface area contributed by atoms with Crippen molar-refractivity contribution in [3.63, 3.8) is 0 Å². The van der Waals surface area contributed by atoms with E-state index in [9.17, 15) is 14.4 Å². The van der Waals surface area contributed by atoms with Crippen molar-refractivity contribution in [2.24, 2.45) is 11.8 Å². The third kappa shape index (κ3) is 4.55. The number of amides is 1. The number of hydrogen-bond donors (Lipinski definition) is 0. The van der Waals surface area contributed by atoms with E-state index in [2.05, 4.69) is 18.8 Å². The van der Waals surface area contributed by atoms with Crippen LogP contribution >= 0.6 is 11.8 Å². The number of nitrogens with zero attached hydrogens (tertiary/aromatic N) is 3. The molecule has 7 nitrogen and oxygen atoms in total. The van der Waals surface area contributed by atoms with Crippen LogP contribution in [0.3, 0.4) is 0 Å². The first-order valence-corrected chi connectivity index (χ1v) is 10.3. The van der Waals surface area contributed by atoms with E-state index in [4.69, 9.17) is 4.74 Å². The minimum Gasteiger partial charge on any atom is -0.468 e. The van der Waals surface area contributed by atoms with Crippen LogP contribution in [-0.2, 0) is 20.9 Å². The number of rotatable bonds is 5. The highest BCUT2D eigenvalue weighted by Crippen LogP contribution is 2.23. The van der Waals surface area contributed by atoms with Gasteiger partial charge in [0.15, 0.2) is 5.16 Å². The Morgan fingerprint density at radius 1 is 1.21 bits per heavy atom. The maximum Gasteiger partial charge on any atom is 0.325 e. The van der Waals surface area contributed by atoms with Gasteiger partial charge in [-0.15, -0.1) is 0 Å². The molecule has 0 aliphatic carbocycles. The number of para-hydroxylation sites is 1. The van der Waals surface area contributed by atoms with Gasteiger partial charge in [-0.05, 0) is 30.4 Å². The van der Waals surface area contributed by atoms with E-state index >= 15 is 0 Å². The molecule has 2 aromatic rings. The van der Waals surface area contributed by atoms with Crippen LogP contribution in [0, 0.1) is 11.8 Å². The average molecular weight is 404 g/mol. The fraction of sp³-hybridized carbons (Fsp3) is 0.500. The molecule has 8 heteroatoms. The normalized spacial score (nSPS) is 19.6. The van der Waals surface area contributed by atoms with E-state index < -0.39 is 5.97 Å². The van der Waals surface area contributed by atoms with Gasteiger partial charge in [-0.3, -0.25) is 19.0 Å². The highest BCUT2D eigenvalue weighted by Gasteiger charge is 2.26. The van der Waals surface area contributed by atoms with Gasteiger partial charge >= 0.3 is 5.97 Å². The number of carbonyl (C=O) groups excluding carboxylic acids is 2. The van der Waals surface area contributed by atoms with Crippen LogP contribution < -0.4 is 5.56 Å². The summed E-state index contributed by atoms with van der Waals surface area (Å²) in [5.41, 5.74) is 0.231. The van der Waals surface area contributed by atoms with Crippen LogP contribution in [0.5, 0.6) is 0 Å². The Bertz CT molecular complexity index is 933. The van der Waals surface area contributed by atoms with Gasteiger partial charge in [-0.25, -0.2) is 4.98 Å². The number of hydrogen-bond acceptors (Lipinski definition) is 6. The number of esters is 1. The first kappa shape index (κ1) is 20.4. The third-order valence-corrected chi connectivity index (χ3v) is 5.85. The molecule has 0 saturated carbocycles. The number of fused-ring (bicyclic) bond motifs is 1. The van der Waals surface area contributed by atoms with Crippen molar-refractivity contribution in [1.29, 1.82) is 0 Å². The number of aromatic nitrogens is 2. The lowest BCUT2D eigenvalue weighted by Crippen LogP contribution is -2.43. The lowest BCUT2D eigenvalue weighted by Gasteiger charge is -2.35. The first-order chi connectivity index (χ1) is 13.4. The Balaban J connectivity index is 1.84. The molecule has 1 saturated heterocycles. The molecule has 28 heavy (non-hydrogen) atoms. The van der Waals surface area contributed by atoms with E-state index in [0.717, 1.165) is 19.5 Å². The predicted octanol–water partition coefficient (Wildman–Crippen LogP) is 2.17. The summed E-state index contributed by atoms with van der Waals surface area (Å²) < 4.78 is 5.99. The lowest BCUT2D eigenvalue weighted by molar-refractivity contribution is -0.141. The zero-order valence-electron chi connectivity index (χ0n) is 16.4. The molecule has 3 rings (SSSR count). The third-order valence-electron chi connectivity index (χ3n) is 4.89. The summed E-state index contributed by atoms with van der Waals surface area (Å²) in [5, 5.41) is 0.779. The number of ether oxygens (including phenoxy) is 1. The van der Waals surface area contributed by atoms with Crippen LogP contribution in [-0.4, -0.2) is 52.3 Å². The smallest absolute Gasteiger partial charge is 0.325 e. The highest BCUT2D eigenvalue weighted by atomic mass is 32.2. The first-order valence-electron chi connectivity index (χ1n) is 9.36. The largest absolute Gasteiger partial charge is 0.468 e. The van der Waals surface area contributed by atoms with E-state index in [-0.39, 0.29) is 23.8 Å². The topological polar surface area (TPSA) is 81.5 Å². The predicted molar refractivity (Wildman–Crippen MR) is 108 cm³/mol. The molecule has 1 amide bonds. The second kappa shape index (κ2) is 8.77. The summed E-state index contributed by atoms with van der Waals surface area (Å²) in [6.45, 7) is 5.58. The van der Waals surface area contributed by atoms with Crippen molar-refractivity contribution in [2.45, 2.75) is 32.0 Å². The number of piperidine rings is 1. The lowest BCUT2D eigenvalue weighted by atomic mass is 9.92. The van der Waals surface area contributed by atoms with Crippen LogP contribution in [0.15, 0.2) is 34.2 Å².